The van der Waals surface area contributed by atoms with Crippen LogP contribution in [0.5, 0.6) is 0 Å². The van der Waals surface area contributed by atoms with Crippen molar-refractivity contribution in [2.24, 2.45) is 5.73 Å². The van der Waals surface area contributed by atoms with Crippen LogP contribution in [-0.4, -0.2) is 49.1 Å². The minimum atomic E-state index is -0.192. The Morgan fingerprint density at radius 3 is 2.43 bits per heavy atom. The highest BCUT2D eigenvalue weighted by Gasteiger charge is 2.23. The lowest BCUT2D eigenvalue weighted by molar-refractivity contribution is 0.182. The van der Waals surface area contributed by atoms with Gasteiger partial charge in [-0.2, -0.15) is 0 Å². The number of hydrogen-bond donors (Lipinski definition) is 1. The Labute approximate surface area is 127 Å². The van der Waals surface area contributed by atoms with E-state index < -0.39 is 0 Å². The molecule has 0 bridgehead atoms. The molecule has 1 aliphatic rings. The topological polar surface area (TPSA) is 32.5 Å². The van der Waals surface area contributed by atoms with Crippen LogP contribution >= 0.6 is 0 Å². The lowest BCUT2D eigenvalue weighted by atomic mass is 9.96. The molecule has 2 unspecified atom stereocenters. The molecule has 21 heavy (non-hydrogen) atoms. The maximum Gasteiger partial charge on any atom is 0.123 e. The zero-order valence-corrected chi connectivity index (χ0v) is 13.3. The van der Waals surface area contributed by atoms with Crippen LogP contribution in [0.15, 0.2) is 24.3 Å². The summed E-state index contributed by atoms with van der Waals surface area (Å²) in [5.74, 6) is -0.192. The van der Waals surface area contributed by atoms with E-state index in [0.717, 1.165) is 25.1 Å². The van der Waals surface area contributed by atoms with E-state index in [-0.39, 0.29) is 17.9 Å². The van der Waals surface area contributed by atoms with Gasteiger partial charge in [0.15, 0.2) is 0 Å². The first-order valence-corrected chi connectivity index (χ1v) is 8.05. The van der Waals surface area contributed by atoms with Crippen LogP contribution in [0.1, 0.15) is 37.8 Å². The number of likely N-dealkylation sites (tertiary alicyclic amines) is 1. The van der Waals surface area contributed by atoms with Gasteiger partial charge in [-0.3, -0.25) is 4.90 Å². The van der Waals surface area contributed by atoms with E-state index in [1.54, 1.807) is 0 Å². The largest absolute Gasteiger partial charge is 0.326 e. The standard InChI is InChI=1S/C17H28FN3/c1-3-16(19)17(14-6-8-15(18)9-7-14)20(2)12-13-21-10-4-5-11-21/h6-9,16-17H,3-5,10-13,19H2,1-2H3. The second kappa shape index (κ2) is 7.87. The summed E-state index contributed by atoms with van der Waals surface area (Å²) < 4.78 is 13.1. The highest BCUT2D eigenvalue weighted by atomic mass is 19.1. The van der Waals surface area contributed by atoms with Crippen molar-refractivity contribution >= 4 is 0 Å². The average molecular weight is 293 g/mol. The number of nitrogens with zero attached hydrogens (tertiary/aromatic N) is 2. The summed E-state index contributed by atoms with van der Waals surface area (Å²) in [6.45, 7) is 6.62. The van der Waals surface area contributed by atoms with Crippen LogP contribution in [0.4, 0.5) is 4.39 Å². The van der Waals surface area contributed by atoms with Crippen LogP contribution in [0.2, 0.25) is 0 Å². The predicted molar refractivity (Wildman–Crippen MR) is 85.7 cm³/mol. The Bertz CT molecular complexity index is 415. The number of nitrogens with two attached hydrogens (primary N) is 1. The molecule has 3 nitrogen and oxygen atoms in total. The van der Waals surface area contributed by atoms with Crippen molar-refractivity contribution in [1.29, 1.82) is 0 Å². The minimum absolute atomic E-state index is 0.0686. The van der Waals surface area contributed by atoms with E-state index in [2.05, 4.69) is 23.8 Å². The molecule has 4 heteroatoms. The van der Waals surface area contributed by atoms with Crippen LogP contribution in [0, 0.1) is 5.82 Å². The van der Waals surface area contributed by atoms with Gasteiger partial charge < -0.3 is 10.6 Å². The molecule has 0 aromatic heterocycles. The summed E-state index contributed by atoms with van der Waals surface area (Å²) in [5, 5.41) is 0. The maximum absolute atomic E-state index is 13.1. The molecule has 0 aliphatic carbocycles. The van der Waals surface area contributed by atoms with Crippen molar-refractivity contribution in [1.82, 2.24) is 9.80 Å². The van der Waals surface area contributed by atoms with Gasteiger partial charge in [0.1, 0.15) is 5.82 Å². The molecule has 1 aromatic rings. The van der Waals surface area contributed by atoms with E-state index in [1.165, 1.54) is 38.1 Å². The van der Waals surface area contributed by atoms with Crippen LogP contribution in [0.25, 0.3) is 0 Å². The predicted octanol–water partition coefficient (Wildman–Crippen LogP) is 2.63. The maximum atomic E-state index is 13.1. The molecule has 1 saturated heterocycles. The van der Waals surface area contributed by atoms with Crippen molar-refractivity contribution in [2.75, 3.05) is 33.2 Å². The SMILES string of the molecule is CCC(N)C(c1ccc(F)cc1)N(C)CCN1CCCC1. The molecule has 1 fully saturated rings. The third-order valence-corrected chi connectivity index (χ3v) is 4.53. The molecule has 2 N–H and O–H groups in total. The number of hydrogen-bond acceptors (Lipinski definition) is 3. The van der Waals surface area contributed by atoms with Gasteiger partial charge in [-0.25, -0.2) is 4.39 Å². The zero-order chi connectivity index (χ0) is 15.2. The molecule has 2 atom stereocenters. The first-order chi connectivity index (χ1) is 10.1. The number of rotatable bonds is 7. The van der Waals surface area contributed by atoms with E-state index in [9.17, 15) is 4.39 Å². The molecular weight excluding hydrogens is 265 g/mol. The van der Waals surface area contributed by atoms with Crippen molar-refractivity contribution in [3.8, 4) is 0 Å². The van der Waals surface area contributed by atoms with Gasteiger partial charge in [0.25, 0.3) is 0 Å². The quantitative estimate of drug-likeness (QED) is 0.839. The van der Waals surface area contributed by atoms with E-state index in [1.807, 2.05) is 12.1 Å². The van der Waals surface area contributed by atoms with Gasteiger partial charge in [0.05, 0.1) is 0 Å². The third kappa shape index (κ3) is 4.50. The highest BCUT2D eigenvalue weighted by molar-refractivity contribution is 5.21. The Kier molecular flexibility index (Phi) is 6.15. The van der Waals surface area contributed by atoms with Crippen molar-refractivity contribution in [3.63, 3.8) is 0 Å². The fraction of sp³-hybridized carbons (Fsp3) is 0.647. The number of likely N-dealkylation sites (N-methyl/N-ethyl adjacent to an activating group) is 1. The van der Waals surface area contributed by atoms with Crippen LogP contribution in [0.3, 0.4) is 0 Å². The molecule has 2 rings (SSSR count). The van der Waals surface area contributed by atoms with Gasteiger partial charge in [0, 0.05) is 25.2 Å². The van der Waals surface area contributed by atoms with Crippen LogP contribution in [-0.2, 0) is 0 Å². The van der Waals surface area contributed by atoms with Crippen LogP contribution < -0.4 is 5.73 Å². The van der Waals surface area contributed by atoms with Gasteiger partial charge in [-0.05, 0) is 57.1 Å². The zero-order valence-electron chi connectivity index (χ0n) is 13.3. The van der Waals surface area contributed by atoms with E-state index in [4.69, 9.17) is 5.73 Å². The summed E-state index contributed by atoms with van der Waals surface area (Å²) in [7, 11) is 2.12. The van der Waals surface area contributed by atoms with Gasteiger partial charge in [-0.15, -0.1) is 0 Å². The Balaban J connectivity index is 2.02. The minimum Gasteiger partial charge on any atom is -0.326 e. The van der Waals surface area contributed by atoms with Crippen molar-refractivity contribution < 1.29 is 4.39 Å². The summed E-state index contributed by atoms with van der Waals surface area (Å²) >= 11 is 0. The van der Waals surface area contributed by atoms with Crippen molar-refractivity contribution in [2.45, 2.75) is 38.3 Å². The number of benzene rings is 1. The number of halogens is 1. The second-order valence-electron chi connectivity index (χ2n) is 6.10. The fourth-order valence-electron chi connectivity index (χ4n) is 3.16. The normalized spacial score (nSPS) is 19.1. The molecule has 0 radical (unpaired) electrons. The first kappa shape index (κ1) is 16.4. The molecule has 1 aliphatic heterocycles. The van der Waals surface area contributed by atoms with Gasteiger partial charge >= 0.3 is 0 Å². The molecule has 0 spiro atoms. The lowest BCUT2D eigenvalue weighted by Crippen LogP contribution is -2.42. The molecule has 0 amide bonds. The average Bonchev–Trinajstić information content (AvgIpc) is 3.00. The summed E-state index contributed by atoms with van der Waals surface area (Å²) in [5.41, 5.74) is 7.43. The molecule has 1 heterocycles. The summed E-state index contributed by atoms with van der Waals surface area (Å²) in [6.07, 6.45) is 3.55. The van der Waals surface area contributed by atoms with Crippen molar-refractivity contribution in [3.05, 3.63) is 35.6 Å². The first-order valence-electron chi connectivity index (χ1n) is 8.05. The Morgan fingerprint density at radius 2 is 1.86 bits per heavy atom. The molecule has 118 valence electrons. The molecule has 0 saturated carbocycles. The fourth-order valence-corrected chi connectivity index (χ4v) is 3.16. The second-order valence-corrected chi connectivity index (χ2v) is 6.10. The monoisotopic (exact) mass is 293 g/mol. The summed E-state index contributed by atoms with van der Waals surface area (Å²) in [6, 6.07) is 7.00. The van der Waals surface area contributed by atoms with Gasteiger partial charge in [0.2, 0.25) is 0 Å². The highest BCUT2D eigenvalue weighted by Crippen LogP contribution is 2.24. The van der Waals surface area contributed by atoms with E-state index in [0.29, 0.717) is 0 Å². The third-order valence-electron chi connectivity index (χ3n) is 4.53. The Morgan fingerprint density at radius 1 is 1.24 bits per heavy atom. The molecular formula is C17H28FN3. The van der Waals surface area contributed by atoms with E-state index >= 15 is 0 Å². The Hall–Kier alpha value is -0.970. The lowest BCUT2D eigenvalue weighted by Gasteiger charge is -2.33. The summed E-state index contributed by atoms with van der Waals surface area (Å²) in [4.78, 5) is 4.83. The van der Waals surface area contributed by atoms with Gasteiger partial charge in [-0.1, -0.05) is 19.1 Å². The smallest absolute Gasteiger partial charge is 0.123 e. The molecule has 1 aromatic carbocycles.